The van der Waals surface area contributed by atoms with Crippen molar-refractivity contribution in [3.8, 4) is 11.5 Å². The van der Waals surface area contributed by atoms with E-state index in [0.717, 1.165) is 47.3 Å². The molecule has 8 N–H and O–H groups in total. The summed E-state index contributed by atoms with van der Waals surface area (Å²) < 4.78 is 27.9. The Hall–Kier alpha value is -1.56. The highest BCUT2D eigenvalue weighted by atomic mass is 31.2. The maximum absolute atomic E-state index is 12.3. The Labute approximate surface area is 354 Å². The molecule has 5 aliphatic heterocycles. The van der Waals surface area contributed by atoms with Crippen LogP contribution in [0.2, 0.25) is 0 Å². The van der Waals surface area contributed by atoms with Crippen molar-refractivity contribution >= 4 is 24.4 Å². The van der Waals surface area contributed by atoms with E-state index in [4.69, 9.17) is 12.6 Å². The Balaban J connectivity index is 0.000000191. The lowest BCUT2D eigenvalue weighted by molar-refractivity contribution is 0.167. The van der Waals surface area contributed by atoms with Gasteiger partial charge in [0.15, 0.2) is 0 Å². The van der Waals surface area contributed by atoms with Gasteiger partial charge < -0.3 is 12.6 Å². The molecule has 2 aromatic carbocycles. The van der Waals surface area contributed by atoms with E-state index in [9.17, 15) is 4.57 Å². The van der Waals surface area contributed by atoms with Gasteiger partial charge in [-0.3, -0.25) is 42.5 Å². The van der Waals surface area contributed by atoms with Gasteiger partial charge in [0.05, 0.1) is 49.3 Å². The zero-order valence-corrected chi connectivity index (χ0v) is 37.3. The molecule has 11 rings (SSSR count). The van der Waals surface area contributed by atoms with Gasteiger partial charge in [-0.25, -0.2) is 4.57 Å². The summed E-state index contributed by atoms with van der Waals surface area (Å²) in [5.74, 6) is 6.87. The highest BCUT2D eigenvalue weighted by Crippen LogP contribution is 2.49. The summed E-state index contributed by atoms with van der Waals surface area (Å²) in [6.45, 7) is 0. The van der Waals surface area contributed by atoms with Crippen LogP contribution >= 0.6 is 7.82 Å². The summed E-state index contributed by atoms with van der Waals surface area (Å²) in [6, 6.07) is 17.6. The molecule has 8 bridgehead atoms. The number of hydrogen-bond acceptors (Lipinski definition) is 12. The Morgan fingerprint density at radius 2 is 0.586 bits per heavy atom. The first-order valence-electron chi connectivity index (χ1n) is 23.3. The third-order valence-corrected chi connectivity index (χ3v) is 18.6. The van der Waals surface area contributed by atoms with E-state index in [2.05, 4.69) is 42.5 Å². The van der Waals surface area contributed by atoms with Crippen LogP contribution in [-0.2, 0) is 8.14 Å². The average molecular weight is 831 g/mol. The molecule has 8 atom stereocenters. The van der Waals surface area contributed by atoms with Crippen LogP contribution in [0.4, 0.5) is 0 Å². The van der Waals surface area contributed by atoms with E-state index in [1.807, 2.05) is 12.1 Å². The zero-order valence-electron chi connectivity index (χ0n) is 34.4. The first-order valence-corrected chi connectivity index (χ1v) is 25.5. The molecule has 12 nitrogen and oxygen atoms in total. The molecule has 58 heavy (non-hydrogen) atoms. The fourth-order valence-corrected chi connectivity index (χ4v) is 14.7. The average Bonchev–Trinajstić information content (AvgIpc) is 4.00. The van der Waals surface area contributed by atoms with Gasteiger partial charge in [0.2, 0.25) is 0 Å². The van der Waals surface area contributed by atoms with Crippen LogP contribution in [0.3, 0.4) is 0 Å². The van der Waals surface area contributed by atoms with Crippen molar-refractivity contribution in [3.63, 3.8) is 0 Å². The molecule has 2 aromatic rings. The lowest BCUT2D eigenvalue weighted by Gasteiger charge is -2.35. The minimum absolute atomic E-state index is 0.255. The van der Waals surface area contributed by atoms with Gasteiger partial charge >= 0.3 is 24.4 Å². The smallest absolute Gasteiger partial charge is 0.404 e. The summed E-state index contributed by atoms with van der Waals surface area (Å²) in [6.07, 6.45) is 25.6. The fourth-order valence-electron chi connectivity index (χ4n) is 13.3. The van der Waals surface area contributed by atoms with Crippen molar-refractivity contribution in [3.05, 3.63) is 60.7 Å². The number of nitrogens with one attached hydrogen (secondary N) is 8. The van der Waals surface area contributed by atoms with E-state index in [0.29, 0.717) is 60.8 Å². The summed E-state index contributed by atoms with van der Waals surface area (Å²) in [7, 11) is -3.58. The standard InChI is InChI=1S/C32H56N8.C12H11O4P.Al.2H/c1-2-10-18-17(9-1)25-33-26(18)38-28-21-13-5-6-14-22(21)30(35-28)40-32-24-16-8-7-15-23(24)31(36-32)39-29-20-12-4-3-11-19(20)27(34-29)37-25;13-17(14,15-11-7-3-1-4-8-11)16-12-9-5-2-6-10-12;;;/h17-40H,1-16H2;1-10H,(H,13,14);;;/q;;+1;;/p-1. The molecule has 0 radical (unpaired) electrons. The van der Waals surface area contributed by atoms with Gasteiger partial charge in [-0.1, -0.05) is 87.8 Å². The highest BCUT2D eigenvalue weighted by Gasteiger charge is 2.54. The minimum Gasteiger partial charge on any atom is -0.404 e. The molecule has 316 valence electrons. The van der Waals surface area contributed by atoms with Gasteiger partial charge in [0.25, 0.3) is 0 Å². The topological polar surface area (TPSA) is 141 Å². The van der Waals surface area contributed by atoms with E-state index in [1.165, 1.54) is 103 Å². The van der Waals surface area contributed by atoms with Crippen molar-refractivity contribution in [2.75, 3.05) is 0 Å². The molecule has 14 heteroatoms. The molecular formula is C44H68AlN8O4P. The van der Waals surface area contributed by atoms with Gasteiger partial charge in [0.1, 0.15) is 11.5 Å². The SMILES string of the molecule is C1CCC2C3NC(NC4NC(NC5NC(NC6NC(N3)C3CCCCC63)C3CCCCC53)C3CCCCC43)C2C1.O=P([O][AlH2])(Oc1ccccc1)Oc1ccccc1. The number of hydrogen-bond donors (Lipinski definition) is 8. The van der Waals surface area contributed by atoms with E-state index in [1.54, 1.807) is 48.5 Å². The summed E-state index contributed by atoms with van der Waals surface area (Å²) in [4.78, 5) is 0. The van der Waals surface area contributed by atoms with Crippen molar-refractivity contribution < 1.29 is 17.2 Å². The normalized spacial score (nSPS) is 43.1. The van der Waals surface area contributed by atoms with E-state index in [-0.39, 0.29) is 16.6 Å². The highest BCUT2D eigenvalue weighted by molar-refractivity contribution is 7.50. The molecule has 8 unspecified atom stereocenters. The molecule has 9 fully saturated rings. The second-order valence-electron chi connectivity index (χ2n) is 19.0. The summed E-state index contributed by atoms with van der Waals surface area (Å²) in [5.41, 5.74) is 0. The first-order chi connectivity index (χ1) is 28.5. The van der Waals surface area contributed by atoms with Crippen LogP contribution in [0.15, 0.2) is 60.7 Å². The zero-order chi connectivity index (χ0) is 39.1. The predicted octanol–water partition coefficient (Wildman–Crippen LogP) is 5.42. The number of rotatable bonds is 5. The number of phosphoric ester groups is 1. The predicted molar refractivity (Wildman–Crippen MR) is 229 cm³/mol. The van der Waals surface area contributed by atoms with Crippen molar-refractivity contribution in [1.82, 2.24) is 42.5 Å². The largest absolute Gasteiger partial charge is 0.558 e. The van der Waals surface area contributed by atoms with Crippen LogP contribution in [0.1, 0.15) is 103 Å². The van der Waals surface area contributed by atoms with Gasteiger partial charge in [-0.15, -0.1) is 0 Å². The lowest BCUT2D eigenvalue weighted by Crippen LogP contribution is -2.61. The van der Waals surface area contributed by atoms with Gasteiger partial charge in [0, 0.05) is 0 Å². The number of fused-ring (bicyclic) bond motifs is 20. The van der Waals surface area contributed by atoms with Crippen LogP contribution in [0, 0.1) is 47.3 Å². The van der Waals surface area contributed by atoms with Crippen LogP contribution in [0.25, 0.3) is 0 Å². The van der Waals surface area contributed by atoms with Gasteiger partial charge in [-0.05, 0) is 123 Å². The molecule has 5 saturated heterocycles. The Morgan fingerprint density at radius 1 is 0.379 bits per heavy atom. The Kier molecular flexibility index (Phi) is 12.6. The molecule has 5 heterocycles. The van der Waals surface area contributed by atoms with Crippen molar-refractivity contribution in [2.24, 2.45) is 47.3 Å². The van der Waals surface area contributed by atoms with E-state index < -0.39 is 7.82 Å². The van der Waals surface area contributed by atoms with Crippen LogP contribution < -0.4 is 51.6 Å². The van der Waals surface area contributed by atoms with E-state index >= 15 is 0 Å². The summed E-state index contributed by atoms with van der Waals surface area (Å²) in [5, 5.41) is 33.8. The number of benzene rings is 2. The van der Waals surface area contributed by atoms with Crippen molar-refractivity contribution in [2.45, 2.75) is 152 Å². The Morgan fingerprint density at radius 3 is 0.776 bits per heavy atom. The van der Waals surface area contributed by atoms with Gasteiger partial charge in [-0.2, -0.15) is 0 Å². The number of phosphoric acid groups is 1. The molecule has 0 amide bonds. The van der Waals surface area contributed by atoms with Crippen LogP contribution in [0.5, 0.6) is 11.5 Å². The monoisotopic (exact) mass is 830 g/mol. The minimum atomic E-state index is -3.58. The molecule has 0 aromatic heterocycles. The fraction of sp³-hybridized carbons (Fsp3) is 0.727. The summed E-state index contributed by atoms with van der Waals surface area (Å²) >= 11 is 0.255. The molecule has 4 aliphatic carbocycles. The molecule has 0 spiro atoms. The second kappa shape index (κ2) is 18.0. The molecule has 4 saturated carbocycles. The number of para-hydroxylation sites is 2. The van der Waals surface area contributed by atoms with Crippen molar-refractivity contribution in [1.29, 1.82) is 0 Å². The third kappa shape index (κ3) is 8.48. The molecular weight excluding hydrogens is 762 g/mol. The van der Waals surface area contributed by atoms with Crippen LogP contribution in [-0.4, -0.2) is 66.0 Å². The third-order valence-electron chi connectivity index (χ3n) is 15.9. The maximum atomic E-state index is 12.3. The second-order valence-corrected chi connectivity index (χ2v) is 21.8. The first kappa shape index (κ1) is 40.5. The maximum Gasteiger partial charge on any atom is 0.558 e. The lowest BCUT2D eigenvalue weighted by atomic mass is 9.76. The molecule has 9 aliphatic rings. The quantitative estimate of drug-likeness (QED) is 0.144. The Bertz CT molecular complexity index is 1450.